The zero-order chi connectivity index (χ0) is 20.5. The van der Waals surface area contributed by atoms with Crippen molar-refractivity contribution in [3.63, 3.8) is 0 Å². The fourth-order valence-corrected chi connectivity index (χ4v) is 3.23. The van der Waals surface area contributed by atoms with Gasteiger partial charge in [-0.25, -0.2) is 0 Å². The molecule has 4 nitrogen and oxygen atoms in total. The van der Waals surface area contributed by atoms with Gasteiger partial charge in [0.05, 0.1) is 5.52 Å². The number of hydrogen-bond acceptors (Lipinski definition) is 3. The van der Waals surface area contributed by atoms with Crippen molar-refractivity contribution in [3.8, 4) is 0 Å². The van der Waals surface area contributed by atoms with Crippen molar-refractivity contribution in [1.82, 2.24) is 9.88 Å². The van der Waals surface area contributed by atoms with Crippen LogP contribution in [0, 0.1) is 63.2 Å². The number of rotatable bonds is 7. The van der Waals surface area contributed by atoms with Crippen LogP contribution >= 0.6 is 11.6 Å². The molecule has 2 aliphatic carbocycles. The maximum absolute atomic E-state index is 10.7. The molecule has 2 fully saturated rings. The summed E-state index contributed by atoms with van der Waals surface area (Å²) < 4.78 is 0. The monoisotopic (exact) mass is 461 g/mol. The van der Waals surface area contributed by atoms with Gasteiger partial charge in [-0.05, 0) is 94.3 Å². The maximum Gasteiger partial charge on any atom is 2.00 e. The standard InChI is InChI=1S/C19H19ClN3O.C5H5.Fe/c1-23(9-10-24)13-15-4-2-3-14(15)12-22-18-7-8-21-19-11-16(20)5-6-17(18)19;1-2-4-5-3-1;/h2-8,11H,9-10,12-13H2,1H3;1-5H;/q-2;;+2. The Balaban J connectivity index is 0.000000468. The zero-order valence-electron chi connectivity index (χ0n) is 16.8. The van der Waals surface area contributed by atoms with Gasteiger partial charge < -0.3 is 15.3 Å². The van der Waals surface area contributed by atoms with Crippen LogP contribution in [0.3, 0.4) is 0 Å². The van der Waals surface area contributed by atoms with Crippen molar-refractivity contribution in [1.29, 1.82) is 0 Å². The smallest absolute Gasteiger partial charge is 0.854 e. The second-order valence-electron chi connectivity index (χ2n) is 6.79. The van der Waals surface area contributed by atoms with Gasteiger partial charge in [-0.2, -0.15) is 0 Å². The Bertz CT molecular complexity index is 749. The Kier molecular flexibility index (Phi) is 11.5. The topological polar surface area (TPSA) is 53.3 Å². The number of hydrogen-bond donors (Lipinski definition) is 0. The number of fused-ring (bicyclic) bond motifs is 1. The van der Waals surface area contributed by atoms with E-state index < -0.39 is 0 Å². The van der Waals surface area contributed by atoms with E-state index in [2.05, 4.69) is 17.8 Å². The van der Waals surface area contributed by atoms with E-state index in [-0.39, 0.29) is 23.7 Å². The van der Waals surface area contributed by atoms with E-state index >= 15 is 0 Å². The minimum Gasteiger partial charge on any atom is -0.854 e. The van der Waals surface area contributed by atoms with Crippen LogP contribution in [0.1, 0.15) is 0 Å². The fraction of sp³-hybridized carbons (Fsp3) is 0.208. The minimum atomic E-state index is -0.0809. The summed E-state index contributed by atoms with van der Waals surface area (Å²) in [4.78, 5) is 6.38. The van der Waals surface area contributed by atoms with Crippen molar-refractivity contribution < 1.29 is 22.2 Å². The van der Waals surface area contributed by atoms with Gasteiger partial charge in [0.25, 0.3) is 0 Å². The fourth-order valence-electron chi connectivity index (χ4n) is 3.06. The Labute approximate surface area is 197 Å². The second-order valence-corrected chi connectivity index (χ2v) is 7.22. The summed E-state index contributed by atoms with van der Waals surface area (Å²) in [6, 6.07) is 7.58. The Morgan fingerprint density at radius 2 is 1.70 bits per heavy atom. The van der Waals surface area contributed by atoms with E-state index in [1.54, 1.807) is 6.20 Å². The normalized spacial score (nSPS) is 17.1. The van der Waals surface area contributed by atoms with Gasteiger partial charge in [-0.15, -0.1) is 18.8 Å². The summed E-state index contributed by atoms with van der Waals surface area (Å²) in [6.07, 6.45) is 18.0. The van der Waals surface area contributed by atoms with E-state index in [9.17, 15) is 5.11 Å². The molecule has 156 valence electrons. The van der Waals surface area contributed by atoms with Crippen LogP contribution in [-0.2, 0) is 17.1 Å². The summed E-state index contributed by atoms with van der Waals surface area (Å²) >= 11 is 6.03. The molecule has 0 bridgehead atoms. The van der Waals surface area contributed by atoms with Crippen LogP contribution in [0.5, 0.6) is 0 Å². The molecular formula is C24H24ClFeN3O. The zero-order valence-corrected chi connectivity index (χ0v) is 18.7. The average Bonchev–Trinajstić information content (AvgIpc) is 3.41. The molecule has 30 heavy (non-hydrogen) atoms. The van der Waals surface area contributed by atoms with Gasteiger partial charge in [-0.1, -0.05) is 23.7 Å². The van der Waals surface area contributed by atoms with Gasteiger partial charge in [0.2, 0.25) is 0 Å². The minimum absolute atomic E-state index is 0. The van der Waals surface area contributed by atoms with E-state index in [4.69, 9.17) is 16.9 Å². The van der Waals surface area contributed by atoms with Gasteiger partial charge in [-0.3, -0.25) is 4.98 Å². The molecule has 1 heterocycles. The molecule has 0 N–H and O–H groups in total. The molecule has 2 aromatic rings. The number of benzene rings is 1. The first-order valence-corrected chi connectivity index (χ1v) is 9.93. The van der Waals surface area contributed by atoms with Crippen molar-refractivity contribution >= 4 is 28.2 Å². The molecule has 1 aromatic heterocycles. The molecule has 6 heteroatoms. The van der Waals surface area contributed by atoms with E-state index in [1.807, 2.05) is 74.7 Å². The van der Waals surface area contributed by atoms with Crippen LogP contribution in [0.2, 0.25) is 5.02 Å². The molecular weight excluding hydrogens is 438 g/mol. The third-order valence-electron chi connectivity index (χ3n) is 4.58. The predicted octanol–water partition coefficient (Wildman–Crippen LogP) is 3.98. The van der Waals surface area contributed by atoms with E-state index in [0.717, 1.165) is 23.1 Å². The average molecular weight is 462 g/mol. The number of halogens is 1. The number of likely N-dealkylation sites (N-methyl/N-ethyl adjacent to an activating group) is 1. The first-order valence-electron chi connectivity index (χ1n) is 9.56. The Hall–Kier alpha value is -0.841. The first-order chi connectivity index (χ1) is 14.2. The van der Waals surface area contributed by atoms with Gasteiger partial charge in [0.1, 0.15) is 0 Å². The summed E-state index contributed by atoms with van der Waals surface area (Å²) in [6.45, 7) is 1.85. The number of aromatic nitrogens is 1. The number of nitrogens with zero attached hydrogens (tertiary/aromatic N) is 3. The molecule has 0 unspecified atom stereocenters. The predicted molar refractivity (Wildman–Crippen MR) is 118 cm³/mol. The molecule has 0 aliphatic heterocycles. The number of pyridine rings is 1. The third-order valence-corrected chi connectivity index (χ3v) is 4.81. The summed E-state index contributed by atoms with van der Waals surface area (Å²) in [7, 11) is 1.96. The van der Waals surface area contributed by atoms with Crippen molar-refractivity contribution in [2.45, 2.75) is 0 Å². The molecule has 0 spiro atoms. The molecule has 2 saturated carbocycles. The molecule has 0 saturated heterocycles. The molecule has 1 aromatic carbocycles. The molecule has 4 rings (SSSR count). The van der Waals surface area contributed by atoms with Gasteiger partial charge in [0, 0.05) is 17.8 Å². The van der Waals surface area contributed by atoms with Crippen LogP contribution in [0.25, 0.3) is 16.2 Å². The first kappa shape index (κ1) is 25.4. The molecule has 0 atom stereocenters. The van der Waals surface area contributed by atoms with E-state index in [1.165, 1.54) is 11.8 Å². The largest absolute Gasteiger partial charge is 2.00 e. The van der Waals surface area contributed by atoms with Crippen molar-refractivity contribution in [2.24, 2.45) is 0 Å². The third kappa shape index (κ3) is 7.69. The van der Waals surface area contributed by atoms with E-state index in [0.29, 0.717) is 18.1 Å². The van der Waals surface area contributed by atoms with Crippen molar-refractivity contribution in [2.75, 3.05) is 33.3 Å². The van der Waals surface area contributed by atoms with Gasteiger partial charge in [0.15, 0.2) is 0 Å². The maximum atomic E-state index is 10.7. The van der Waals surface area contributed by atoms with Crippen LogP contribution in [0.15, 0.2) is 30.5 Å². The SMILES string of the molecule is CN(CC[O-])C[C]1[CH][CH][CH][C]1C[N-]c1ccnc2cc(Cl)ccc12.[CH]1[CH][CH][CH][CH]1.[Fe+2]. The Morgan fingerprint density at radius 3 is 2.40 bits per heavy atom. The molecule has 0 amide bonds. The van der Waals surface area contributed by atoms with Crippen molar-refractivity contribution in [3.05, 3.63) is 104 Å². The summed E-state index contributed by atoms with van der Waals surface area (Å²) in [5.74, 6) is 2.41. The van der Waals surface area contributed by atoms with Crippen LogP contribution < -0.4 is 5.11 Å². The summed E-state index contributed by atoms with van der Waals surface area (Å²) in [5, 5.41) is 17.2. The quantitative estimate of drug-likeness (QED) is 0.586. The van der Waals surface area contributed by atoms with Crippen LogP contribution in [0.4, 0.5) is 5.69 Å². The van der Waals surface area contributed by atoms with Gasteiger partial charge >= 0.3 is 17.1 Å². The van der Waals surface area contributed by atoms with Crippen LogP contribution in [-0.4, -0.2) is 43.2 Å². The molecule has 10 radical (unpaired) electrons. The molecule has 2 aliphatic rings. The Morgan fingerprint density at radius 1 is 1.00 bits per heavy atom. The second kappa shape index (κ2) is 13.5. The summed E-state index contributed by atoms with van der Waals surface area (Å²) in [5.41, 5.74) is 1.76.